The average Bonchev–Trinajstić information content (AvgIpc) is 3.38. The summed E-state index contributed by atoms with van der Waals surface area (Å²) in [6.45, 7) is 5.95. The van der Waals surface area contributed by atoms with Gasteiger partial charge in [0.1, 0.15) is 18.7 Å². The first-order valence-corrected chi connectivity index (χ1v) is 10.3. The summed E-state index contributed by atoms with van der Waals surface area (Å²) in [5, 5.41) is 4.73. The molecule has 0 unspecified atom stereocenters. The Bertz CT molecular complexity index is 1260. The molecule has 8 nitrogen and oxygen atoms in total. The van der Waals surface area contributed by atoms with Gasteiger partial charge in [0.05, 0.1) is 16.3 Å². The van der Waals surface area contributed by atoms with Crippen LogP contribution in [0.2, 0.25) is 0 Å². The van der Waals surface area contributed by atoms with Crippen LogP contribution in [-0.2, 0) is 6.61 Å². The summed E-state index contributed by atoms with van der Waals surface area (Å²) in [7, 11) is 0. The molecule has 4 aromatic rings. The third-order valence-electron chi connectivity index (χ3n) is 4.49. The third-order valence-corrected chi connectivity index (χ3v) is 5.36. The van der Waals surface area contributed by atoms with E-state index in [2.05, 4.69) is 15.3 Å². The lowest BCUT2D eigenvalue weighted by molar-refractivity contribution is 0.103. The normalized spacial score (nSPS) is 11.2. The van der Waals surface area contributed by atoms with Crippen LogP contribution in [0.4, 0.5) is 5.69 Å². The minimum atomic E-state index is -0.222. The third kappa shape index (κ3) is 3.97. The number of aryl methyl sites for hydroxylation is 1. The Hall–Kier alpha value is -3.46. The van der Waals surface area contributed by atoms with Crippen molar-refractivity contribution in [2.24, 2.45) is 0 Å². The number of aromatic nitrogens is 4. The van der Waals surface area contributed by atoms with Crippen LogP contribution < -0.4 is 15.6 Å². The van der Waals surface area contributed by atoms with Crippen molar-refractivity contribution in [2.75, 3.05) is 5.32 Å². The zero-order chi connectivity index (χ0) is 21.3. The number of benzene rings is 1. The Morgan fingerprint density at radius 2 is 2.10 bits per heavy atom. The van der Waals surface area contributed by atoms with E-state index < -0.39 is 0 Å². The number of nitrogens with one attached hydrogen (secondary N) is 1. The van der Waals surface area contributed by atoms with Crippen LogP contribution in [-0.4, -0.2) is 25.1 Å². The molecule has 0 saturated carbocycles. The topological polar surface area (TPSA) is 90.5 Å². The molecule has 154 valence electrons. The maximum absolute atomic E-state index is 12.5. The number of carbonyl (C=O) groups excluding carboxylic acids is 1. The first kappa shape index (κ1) is 19.8. The van der Waals surface area contributed by atoms with Crippen molar-refractivity contribution in [3.05, 3.63) is 74.6 Å². The fraction of sp³-hybridized carbons (Fsp3) is 0.238. The standard InChI is InChI=1S/C21H21N5O3S/c1-13(2)25-12-22-21-23-15(10-19(27)26(21)25)11-29-17-9-14(3)6-7-16(17)24-20(28)18-5-4-8-30-18/h4-10,12-13H,11H2,1-3H3,(H,24,28). The molecule has 1 aromatic carbocycles. The summed E-state index contributed by atoms with van der Waals surface area (Å²) in [5.41, 5.74) is 1.78. The number of anilines is 1. The number of nitrogens with zero attached hydrogens (tertiary/aromatic N) is 4. The van der Waals surface area contributed by atoms with Gasteiger partial charge in [-0.3, -0.25) is 14.3 Å². The number of thiophene rings is 1. The van der Waals surface area contributed by atoms with Crippen molar-refractivity contribution in [1.29, 1.82) is 0 Å². The van der Waals surface area contributed by atoms with Crippen LogP contribution in [0.15, 0.2) is 52.9 Å². The number of fused-ring (bicyclic) bond motifs is 1. The number of ether oxygens (including phenoxy) is 1. The van der Waals surface area contributed by atoms with E-state index in [0.717, 1.165) is 5.56 Å². The molecule has 0 atom stereocenters. The zero-order valence-corrected chi connectivity index (χ0v) is 17.6. The fourth-order valence-corrected chi connectivity index (χ4v) is 3.63. The summed E-state index contributed by atoms with van der Waals surface area (Å²) in [5.74, 6) is 0.635. The number of rotatable bonds is 6. The molecule has 0 bridgehead atoms. The molecule has 0 radical (unpaired) electrons. The average molecular weight is 423 g/mol. The molecule has 3 aromatic heterocycles. The lowest BCUT2D eigenvalue weighted by atomic mass is 10.2. The first-order valence-electron chi connectivity index (χ1n) is 9.46. The fourth-order valence-electron chi connectivity index (χ4n) is 3.01. The predicted molar refractivity (Wildman–Crippen MR) is 115 cm³/mol. The number of amides is 1. The molecule has 1 N–H and O–H groups in total. The van der Waals surface area contributed by atoms with E-state index >= 15 is 0 Å². The van der Waals surface area contributed by atoms with Crippen molar-refractivity contribution < 1.29 is 9.53 Å². The number of hydrogen-bond acceptors (Lipinski definition) is 6. The van der Waals surface area contributed by atoms with Gasteiger partial charge in [0.25, 0.3) is 17.2 Å². The zero-order valence-electron chi connectivity index (χ0n) is 16.8. The summed E-state index contributed by atoms with van der Waals surface area (Å²) < 4.78 is 9.09. The highest BCUT2D eigenvalue weighted by molar-refractivity contribution is 7.12. The highest BCUT2D eigenvalue weighted by atomic mass is 32.1. The van der Waals surface area contributed by atoms with Crippen molar-refractivity contribution in [1.82, 2.24) is 19.2 Å². The highest BCUT2D eigenvalue weighted by Gasteiger charge is 2.13. The van der Waals surface area contributed by atoms with Crippen LogP contribution in [0.5, 0.6) is 5.75 Å². The van der Waals surface area contributed by atoms with Crippen LogP contribution in [0.3, 0.4) is 0 Å². The monoisotopic (exact) mass is 423 g/mol. The predicted octanol–water partition coefficient (Wildman–Crippen LogP) is 3.67. The second kappa shape index (κ2) is 8.11. The molecule has 0 fully saturated rings. The highest BCUT2D eigenvalue weighted by Crippen LogP contribution is 2.27. The molecule has 30 heavy (non-hydrogen) atoms. The van der Waals surface area contributed by atoms with Crippen molar-refractivity contribution in [2.45, 2.75) is 33.4 Å². The van der Waals surface area contributed by atoms with Gasteiger partial charge in [0.15, 0.2) is 0 Å². The Balaban J connectivity index is 1.57. The molecule has 0 aliphatic rings. The van der Waals surface area contributed by atoms with E-state index in [4.69, 9.17) is 4.74 Å². The Kier molecular flexibility index (Phi) is 5.37. The lowest BCUT2D eigenvalue weighted by Gasteiger charge is -2.13. The molecule has 3 heterocycles. The van der Waals surface area contributed by atoms with E-state index in [-0.39, 0.29) is 24.1 Å². The van der Waals surface area contributed by atoms with Gasteiger partial charge in [0, 0.05) is 12.1 Å². The quantitative estimate of drug-likeness (QED) is 0.511. The summed E-state index contributed by atoms with van der Waals surface area (Å²) in [6.07, 6.45) is 1.60. The molecule has 0 aliphatic heterocycles. The molecule has 0 saturated heterocycles. The Morgan fingerprint density at radius 3 is 2.83 bits per heavy atom. The summed E-state index contributed by atoms with van der Waals surface area (Å²) in [4.78, 5) is 34.2. The molecular formula is C21H21N5O3S. The van der Waals surface area contributed by atoms with Gasteiger partial charge in [-0.05, 0) is 49.9 Å². The first-order chi connectivity index (χ1) is 14.4. The maximum atomic E-state index is 12.5. The smallest absolute Gasteiger partial charge is 0.274 e. The van der Waals surface area contributed by atoms with E-state index in [9.17, 15) is 9.59 Å². The minimum absolute atomic E-state index is 0.0750. The van der Waals surface area contributed by atoms with Gasteiger partial charge >= 0.3 is 0 Å². The van der Waals surface area contributed by atoms with Gasteiger partial charge in [0.2, 0.25) is 0 Å². The molecule has 9 heteroatoms. The van der Waals surface area contributed by atoms with Gasteiger partial charge in [-0.1, -0.05) is 12.1 Å². The van der Waals surface area contributed by atoms with Crippen LogP contribution in [0.1, 0.15) is 40.8 Å². The lowest BCUT2D eigenvalue weighted by Crippen LogP contribution is -2.23. The molecule has 1 amide bonds. The summed E-state index contributed by atoms with van der Waals surface area (Å²) in [6, 6.07) is 10.6. The van der Waals surface area contributed by atoms with Crippen LogP contribution >= 0.6 is 11.3 Å². The second-order valence-corrected chi connectivity index (χ2v) is 8.08. The van der Waals surface area contributed by atoms with Crippen molar-refractivity contribution in [3.63, 3.8) is 0 Å². The van der Waals surface area contributed by atoms with Crippen molar-refractivity contribution in [3.8, 4) is 5.75 Å². The maximum Gasteiger partial charge on any atom is 0.274 e. The molecule has 4 rings (SSSR count). The van der Waals surface area contributed by atoms with Gasteiger partial charge in [-0.15, -0.1) is 11.3 Å². The van der Waals surface area contributed by atoms with Crippen LogP contribution in [0, 0.1) is 6.92 Å². The summed E-state index contributed by atoms with van der Waals surface area (Å²) >= 11 is 1.37. The minimum Gasteiger partial charge on any atom is -0.485 e. The van der Waals surface area contributed by atoms with E-state index in [0.29, 0.717) is 27.8 Å². The Morgan fingerprint density at radius 1 is 1.27 bits per heavy atom. The van der Waals surface area contributed by atoms with E-state index in [1.165, 1.54) is 21.9 Å². The van der Waals surface area contributed by atoms with E-state index in [1.807, 2.05) is 44.4 Å². The SMILES string of the molecule is Cc1ccc(NC(=O)c2cccs2)c(OCc2cc(=O)n3c(ncn3C(C)C)n2)c1. The molecule has 0 spiro atoms. The molecule has 0 aliphatic carbocycles. The Labute approximate surface area is 176 Å². The van der Waals surface area contributed by atoms with Gasteiger partial charge in [-0.25, -0.2) is 4.98 Å². The molecular weight excluding hydrogens is 402 g/mol. The van der Waals surface area contributed by atoms with E-state index in [1.54, 1.807) is 23.1 Å². The largest absolute Gasteiger partial charge is 0.485 e. The second-order valence-electron chi connectivity index (χ2n) is 7.14. The van der Waals surface area contributed by atoms with Crippen LogP contribution in [0.25, 0.3) is 5.78 Å². The number of carbonyl (C=O) groups is 1. The number of hydrogen-bond donors (Lipinski definition) is 1. The van der Waals surface area contributed by atoms with Crippen molar-refractivity contribution >= 4 is 28.7 Å². The van der Waals surface area contributed by atoms with Gasteiger partial charge < -0.3 is 10.1 Å². The van der Waals surface area contributed by atoms with Gasteiger partial charge in [-0.2, -0.15) is 9.50 Å².